The lowest BCUT2D eigenvalue weighted by Crippen LogP contribution is -2.34. The number of hydrogen-bond donors (Lipinski definition) is 1. The fraction of sp³-hybridized carbons (Fsp3) is 0.174. The predicted octanol–water partition coefficient (Wildman–Crippen LogP) is 5.13. The van der Waals surface area contributed by atoms with Gasteiger partial charge in [0, 0.05) is 17.0 Å². The second kappa shape index (κ2) is 10.1. The topological polar surface area (TPSA) is 81.5 Å². The Morgan fingerprint density at radius 1 is 1.00 bits per heavy atom. The summed E-state index contributed by atoms with van der Waals surface area (Å²) in [5.74, 6) is 0.120. The maximum absolute atomic E-state index is 13.4. The first-order valence-electron chi connectivity index (χ1n) is 9.48. The quantitative estimate of drug-likeness (QED) is 0.298. The van der Waals surface area contributed by atoms with E-state index in [9.17, 15) is 19.3 Å². The number of carbonyl (C=O) groups excluding carboxylic acids is 1. The lowest BCUT2D eigenvalue weighted by atomic mass is 9.98. The molecule has 0 aliphatic heterocycles. The van der Waals surface area contributed by atoms with Crippen molar-refractivity contribution >= 4 is 23.4 Å². The van der Waals surface area contributed by atoms with Crippen molar-refractivity contribution in [3.05, 3.63) is 99.9 Å². The van der Waals surface area contributed by atoms with E-state index < -0.39 is 16.2 Å². The number of hydrogen-bond acceptors (Lipinski definition) is 5. The Kier molecular flexibility index (Phi) is 7.25. The summed E-state index contributed by atoms with van der Waals surface area (Å²) in [5.41, 5.74) is 1.57. The third-order valence-corrected chi connectivity index (χ3v) is 5.78. The first kappa shape index (κ1) is 22.3. The van der Waals surface area contributed by atoms with E-state index in [1.54, 1.807) is 50.4 Å². The second-order valence-corrected chi connectivity index (χ2v) is 8.19. The van der Waals surface area contributed by atoms with Crippen LogP contribution in [-0.2, 0) is 4.79 Å². The molecule has 0 aromatic heterocycles. The molecule has 0 saturated heterocycles. The highest BCUT2D eigenvalue weighted by Gasteiger charge is 2.22. The molecule has 8 heteroatoms. The largest absolute Gasteiger partial charge is 0.497 e. The molecule has 2 unspecified atom stereocenters. The normalized spacial score (nSPS) is 12.6. The molecule has 3 aromatic carbocycles. The highest BCUT2D eigenvalue weighted by Crippen LogP contribution is 2.28. The summed E-state index contributed by atoms with van der Waals surface area (Å²) in [5, 5.41) is 13.4. The maximum atomic E-state index is 13.4. The van der Waals surface area contributed by atoms with Crippen LogP contribution in [0.25, 0.3) is 0 Å². The number of benzene rings is 3. The summed E-state index contributed by atoms with van der Waals surface area (Å²) in [6.45, 7) is 1.76. The molecule has 3 aromatic rings. The predicted molar refractivity (Wildman–Crippen MR) is 118 cm³/mol. The minimum atomic E-state index is -0.473. The fourth-order valence-electron chi connectivity index (χ4n) is 2.97. The van der Waals surface area contributed by atoms with Gasteiger partial charge in [-0.15, -0.1) is 11.8 Å². The molecular formula is C23H21FN2O4S. The molecule has 0 spiro atoms. The van der Waals surface area contributed by atoms with E-state index in [1.807, 2.05) is 12.1 Å². The Hall–Kier alpha value is -3.39. The molecular weight excluding hydrogens is 419 g/mol. The highest BCUT2D eigenvalue weighted by molar-refractivity contribution is 8.00. The second-order valence-electron chi connectivity index (χ2n) is 6.78. The van der Waals surface area contributed by atoms with Gasteiger partial charge in [0.25, 0.3) is 5.69 Å². The number of amides is 1. The van der Waals surface area contributed by atoms with Gasteiger partial charge in [-0.1, -0.05) is 24.3 Å². The summed E-state index contributed by atoms with van der Waals surface area (Å²) in [4.78, 5) is 24.0. The third-order valence-electron chi connectivity index (χ3n) is 4.67. The Morgan fingerprint density at radius 3 is 2.06 bits per heavy atom. The van der Waals surface area contributed by atoms with Gasteiger partial charge in [0.15, 0.2) is 0 Å². The number of methoxy groups -OCH3 is 1. The van der Waals surface area contributed by atoms with E-state index in [1.165, 1.54) is 36.0 Å². The molecule has 160 valence electrons. The number of thioether (sulfide) groups is 1. The van der Waals surface area contributed by atoms with Crippen LogP contribution in [0.2, 0.25) is 0 Å². The number of non-ortho nitro benzene ring substituents is 1. The zero-order valence-corrected chi connectivity index (χ0v) is 17.8. The molecule has 1 amide bonds. The number of nitro benzene ring substituents is 1. The van der Waals surface area contributed by atoms with E-state index in [0.717, 1.165) is 16.0 Å². The zero-order valence-electron chi connectivity index (χ0n) is 16.9. The van der Waals surface area contributed by atoms with E-state index in [4.69, 9.17) is 4.74 Å². The molecule has 0 saturated carbocycles. The Morgan fingerprint density at radius 2 is 1.55 bits per heavy atom. The van der Waals surface area contributed by atoms with E-state index in [2.05, 4.69) is 5.32 Å². The molecule has 0 bridgehead atoms. The third kappa shape index (κ3) is 5.82. The van der Waals surface area contributed by atoms with E-state index >= 15 is 0 Å². The number of nitrogens with one attached hydrogen (secondary N) is 1. The van der Waals surface area contributed by atoms with Gasteiger partial charge in [0.1, 0.15) is 11.6 Å². The summed E-state index contributed by atoms with van der Waals surface area (Å²) in [6.07, 6.45) is 0. The van der Waals surface area contributed by atoms with Crippen LogP contribution >= 0.6 is 11.8 Å². The summed E-state index contributed by atoms with van der Waals surface area (Å²) in [7, 11) is 1.57. The van der Waals surface area contributed by atoms with E-state index in [-0.39, 0.29) is 17.4 Å². The van der Waals surface area contributed by atoms with Gasteiger partial charge in [0.2, 0.25) is 5.91 Å². The molecule has 0 aliphatic carbocycles. The lowest BCUT2D eigenvalue weighted by molar-refractivity contribution is -0.384. The van der Waals surface area contributed by atoms with Crippen molar-refractivity contribution in [1.82, 2.24) is 5.32 Å². The van der Waals surface area contributed by atoms with Crippen molar-refractivity contribution in [2.75, 3.05) is 7.11 Å². The fourth-order valence-corrected chi connectivity index (χ4v) is 3.85. The number of nitro groups is 1. The summed E-state index contributed by atoms with van der Waals surface area (Å²) < 4.78 is 18.6. The average molecular weight is 440 g/mol. The minimum absolute atomic E-state index is 0.00247. The van der Waals surface area contributed by atoms with Crippen molar-refractivity contribution in [2.45, 2.75) is 23.1 Å². The van der Waals surface area contributed by atoms with Gasteiger partial charge in [-0.25, -0.2) is 4.39 Å². The van der Waals surface area contributed by atoms with Crippen LogP contribution in [0.1, 0.15) is 24.1 Å². The average Bonchev–Trinajstić information content (AvgIpc) is 2.78. The molecule has 0 fully saturated rings. The van der Waals surface area contributed by atoms with Crippen LogP contribution < -0.4 is 10.1 Å². The van der Waals surface area contributed by atoms with Crippen molar-refractivity contribution < 1.29 is 18.8 Å². The number of ether oxygens (including phenoxy) is 1. The van der Waals surface area contributed by atoms with Crippen LogP contribution in [-0.4, -0.2) is 23.2 Å². The molecule has 0 radical (unpaired) electrons. The monoisotopic (exact) mass is 440 g/mol. The van der Waals surface area contributed by atoms with Crippen LogP contribution in [0.15, 0.2) is 77.7 Å². The standard InChI is InChI=1S/C23H21FN2O4S/c1-15(31-21-13-9-19(10-14-21)26(28)29)23(27)25-22(16-3-7-18(24)8-4-16)17-5-11-20(30-2)12-6-17/h3-15,22H,1-2H3,(H,25,27). The van der Waals surface area contributed by atoms with Crippen molar-refractivity contribution in [1.29, 1.82) is 0 Å². The highest BCUT2D eigenvalue weighted by atomic mass is 32.2. The van der Waals surface area contributed by atoms with Crippen LogP contribution in [0, 0.1) is 15.9 Å². The Labute approximate surface area is 183 Å². The summed E-state index contributed by atoms with van der Waals surface area (Å²) >= 11 is 1.30. The number of carbonyl (C=O) groups is 1. The van der Waals surface area contributed by atoms with Crippen molar-refractivity contribution in [2.24, 2.45) is 0 Å². The van der Waals surface area contributed by atoms with Gasteiger partial charge in [-0.2, -0.15) is 0 Å². The van der Waals surface area contributed by atoms with E-state index in [0.29, 0.717) is 5.75 Å². The van der Waals surface area contributed by atoms with Gasteiger partial charge >= 0.3 is 0 Å². The van der Waals surface area contributed by atoms with Gasteiger partial charge in [-0.3, -0.25) is 14.9 Å². The van der Waals surface area contributed by atoms with Crippen LogP contribution in [0.5, 0.6) is 5.75 Å². The molecule has 0 aliphatic rings. The molecule has 31 heavy (non-hydrogen) atoms. The van der Waals surface area contributed by atoms with Crippen LogP contribution in [0.4, 0.5) is 10.1 Å². The molecule has 3 rings (SSSR count). The zero-order chi connectivity index (χ0) is 22.4. The number of rotatable bonds is 8. The molecule has 2 atom stereocenters. The van der Waals surface area contributed by atoms with Gasteiger partial charge in [-0.05, 0) is 54.4 Å². The maximum Gasteiger partial charge on any atom is 0.269 e. The first-order valence-corrected chi connectivity index (χ1v) is 10.4. The molecule has 1 N–H and O–H groups in total. The smallest absolute Gasteiger partial charge is 0.269 e. The molecule has 6 nitrogen and oxygen atoms in total. The van der Waals surface area contributed by atoms with Gasteiger partial charge in [0.05, 0.1) is 23.3 Å². The first-order chi connectivity index (χ1) is 14.9. The number of nitrogens with zero attached hydrogens (tertiary/aromatic N) is 1. The lowest BCUT2D eigenvalue weighted by Gasteiger charge is -2.22. The Bertz CT molecular complexity index is 1040. The minimum Gasteiger partial charge on any atom is -0.497 e. The van der Waals surface area contributed by atoms with Crippen molar-refractivity contribution in [3.8, 4) is 5.75 Å². The summed E-state index contributed by atoms with van der Waals surface area (Å²) in [6, 6.07) is 18.9. The SMILES string of the molecule is COc1ccc(C(NC(=O)C(C)Sc2ccc([N+](=O)[O-])cc2)c2ccc(F)cc2)cc1. The van der Waals surface area contributed by atoms with Crippen LogP contribution in [0.3, 0.4) is 0 Å². The molecule has 0 heterocycles. The van der Waals surface area contributed by atoms with Crippen molar-refractivity contribution in [3.63, 3.8) is 0 Å². The number of halogens is 1. The van der Waals surface area contributed by atoms with Gasteiger partial charge < -0.3 is 10.1 Å². The Balaban J connectivity index is 1.78.